The number of rotatable bonds is 6. The monoisotopic (exact) mass is 243 g/mol. The zero-order chi connectivity index (χ0) is 12.8. The molecule has 0 spiro atoms. The molecule has 3 atom stereocenters. The van der Waals surface area contributed by atoms with Crippen LogP contribution in [0.15, 0.2) is 0 Å². The Morgan fingerprint density at radius 3 is 2.65 bits per heavy atom. The van der Waals surface area contributed by atoms with Gasteiger partial charge in [-0.2, -0.15) is 0 Å². The van der Waals surface area contributed by atoms with Crippen molar-refractivity contribution in [1.82, 2.24) is 10.3 Å². The zero-order valence-corrected chi connectivity index (χ0v) is 11.8. The van der Waals surface area contributed by atoms with Gasteiger partial charge in [0, 0.05) is 25.2 Å². The first-order valence-electron chi connectivity index (χ1n) is 6.90. The van der Waals surface area contributed by atoms with Gasteiger partial charge in [-0.25, -0.2) is 0 Å². The molecule has 4 nitrogen and oxygen atoms in total. The van der Waals surface area contributed by atoms with Crippen LogP contribution in [0.1, 0.15) is 40.5 Å². The Kier molecular flexibility index (Phi) is 6.41. The van der Waals surface area contributed by atoms with E-state index in [1.54, 1.807) is 0 Å². The number of nitrogens with two attached hydrogens (primary N) is 1. The van der Waals surface area contributed by atoms with Crippen LogP contribution in [0.4, 0.5) is 0 Å². The Morgan fingerprint density at radius 2 is 2.12 bits per heavy atom. The number of hydrogen-bond donors (Lipinski definition) is 2. The summed E-state index contributed by atoms with van der Waals surface area (Å²) in [5, 5.41) is 0. The van der Waals surface area contributed by atoms with Crippen LogP contribution in [0.2, 0.25) is 0 Å². The lowest BCUT2D eigenvalue weighted by Crippen LogP contribution is -2.55. The van der Waals surface area contributed by atoms with Crippen molar-refractivity contribution in [3.05, 3.63) is 0 Å². The molecule has 0 saturated carbocycles. The van der Waals surface area contributed by atoms with E-state index in [0.717, 1.165) is 26.1 Å². The van der Waals surface area contributed by atoms with Crippen LogP contribution in [0.5, 0.6) is 0 Å². The summed E-state index contributed by atoms with van der Waals surface area (Å²) >= 11 is 0. The SMILES string of the molecule is CCC(C)CC(NN)C1CN(C(C)C)CCO1. The summed E-state index contributed by atoms with van der Waals surface area (Å²) in [5.74, 6) is 6.37. The predicted molar refractivity (Wildman–Crippen MR) is 71.6 cm³/mol. The van der Waals surface area contributed by atoms with Gasteiger partial charge >= 0.3 is 0 Å². The smallest absolute Gasteiger partial charge is 0.0868 e. The van der Waals surface area contributed by atoms with Gasteiger partial charge in [-0.15, -0.1) is 0 Å². The number of morpholine rings is 1. The maximum absolute atomic E-state index is 5.87. The van der Waals surface area contributed by atoms with Gasteiger partial charge in [0.2, 0.25) is 0 Å². The minimum Gasteiger partial charge on any atom is -0.374 e. The molecule has 1 rings (SSSR count). The summed E-state index contributed by atoms with van der Waals surface area (Å²) in [6.45, 7) is 11.8. The van der Waals surface area contributed by atoms with Gasteiger partial charge in [-0.3, -0.25) is 16.2 Å². The maximum atomic E-state index is 5.87. The fourth-order valence-electron chi connectivity index (χ4n) is 2.34. The van der Waals surface area contributed by atoms with Crippen LogP contribution in [0.3, 0.4) is 0 Å². The number of hydrazine groups is 1. The lowest BCUT2D eigenvalue weighted by Gasteiger charge is -2.39. The van der Waals surface area contributed by atoms with E-state index in [9.17, 15) is 0 Å². The molecule has 0 aromatic rings. The molecule has 0 amide bonds. The van der Waals surface area contributed by atoms with Gasteiger partial charge < -0.3 is 4.74 Å². The molecular formula is C13H29N3O. The number of nitrogens with one attached hydrogen (secondary N) is 1. The van der Waals surface area contributed by atoms with Crippen molar-refractivity contribution in [1.29, 1.82) is 0 Å². The highest BCUT2D eigenvalue weighted by molar-refractivity contribution is 4.83. The van der Waals surface area contributed by atoms with E-state index in [-0.39, 0.29) is 12.1 Å². The quantitative estimate of drug-likeness (QED) is 0.546. The fourth-order valence-corrected chi connectivity index (χ4v) is 2.34. The third-order valence-electron chi connectivity index (χ3n) is 3.87. The Labute approximate surface area is 106 Å². The largest absolute Gasteiger partial charge is 0.374 e. The maximum Gasteiger partial charge on any atom is 0.0868 e. The van der Waals surface area contributed by atoms with E-state index in [1.807, 2.05) is 0 Å². The third kappa shape index (κ3) is 4.54. The van der Waals surface area contributed by atoms with Crippen molar-refractivity contribution >= 4 is 0 Å². The van der Waals surface area contributed by atoms with E-state index >= 15 is 0 Å². The summed E-state index contributed by atoms with van der Waals surface area (Å²) < 4.78 is 5.87. The van der Waals surface area contributed by atoms with E-state index in [0.29, 0.717) is 12.0 Å². The molecule has 17 heavy (non-hydrogen) atoms. The highest BCUT2D eigenvalue weighted by Crippen LogP contribution is 2.18. The summed E-state index contributed by atoms with van der Waals surface area (Å²) in [5.41, 5.74) is 2.94. The van der Waals surface area contributed by atoms with Crippen LogP contribution in [-0.2, 0) is 4.74 Å². The minimum atomic E-state index is 0.227. The summed E-state index contributed by atoms with van der Waals surface area (Å²) in [7, 11) is 0. The Hall–Kier alpha value is -0.160. The van der Waals surface area contributed by atoms with Crippen molar-refractivity contribution in [3.8, 4) is 0 Å². The van der Waals surface area contributed by atoms with Gasteiger partial charge in [-0.05, 0) is 26.2 Å². The molecule has 0 bridgehead atoms. The van der Waals surface area contributed by atoms with Gasteiger partial charge in [0.1, 0.15) is 0 Å². The molecule has 1 fully saturated rings. The first-order chi connectivity index (χ1) is 8.08. The van der Waals surface area contributed by atoms with Gasteiger partial charge in [-0.1, -0.05) is 20.3 Å². The standard InChI is InChI=1S/C13H29N3O/c1-5-11(4)8-12(15-14)13-9-16(10(2)3)6-7-17-13/h10-13,15H,5-9,14H2,1-4H3. The average Bonchev–Trinajstić information content (AvgIpc) is 2.35. The van der Waals surface area contributed by atoms with Gasteiger partial charge in [0.05, 0.1) is 12.7 Å². The molecule has 1 aliphatic rings. The average molecular weight is 243 g/mol. The molecule has 0 radical (unpaired) electrons. The van der Waals surface area contributed by atoms with Crippen LogP contribution >= 0.6 is 0 Å². The zero-order valence-electron chi connectivity index (χ0n) is 11.8. The van der Waals surface area contributed by atoms with Crippen molar-refractivity contribution in [3.63, 3.8) is 0 Å². The fraction of sp³-hybridized carbons (Fsp3) is 1.00. The number of hydrogen-bond acceptors (Lipinski definition) is 4. The predicted octanol–water partition coefficient (Wildman–Crippen LogP) is 1.36. The summed E-state index contributed by atoms with van der Waals surface area (Å²) in [6.07, 6.45) is 2.51. The number of nitrogens with zero attached hydrogens (tertiary/aromatic N) is 1. The van der Waals surface area contributed by atoms with Crippen molar-refractivity contribution < 1.29 is 4.74 Å². The second-order valence-corrected chi connectivity index (χ2v) is 5.52. The molecule has 3 N–H and O–H groups in total. The molecule has 4 heteroatoms. The highest BCUT2D eigenvalue weighted by Gasteiger charge is 2.29. The Morgan fingerprint density at radius 1 is 1.41 bits per heavy atom. The summed E-state index contributed by atoms with van der Waals surface area (Å²) in [6, 6.07) is 0.856. The molecule has 102 valence electrons. The molecular weight excluding hydrogens is 214 g/mol. The lowest BCUT2D eigenvalue weighted by molar-refractivity contribution is -0.0585. The second kappa shape index (κ2) is 7.31. The molecule has 1 heterocycles. The molecule has 0 aromatic carbocycles. The van der Waals surface area contributed by atoms with Crippen molar-refractivity contribution in [2.75, 3.05) is 19.7 Å². The van der Waals surface area contributed by atoms with E-state index in [2.05, 4.69) is 38.0 Å². The van der Waals surface area contributed by atoms with Crippen LogP contribution < -0.4 is 11.3 Å². The Balaban J connectivity index is 2.50. The van der Waals surface area contributed by atoms with Crippen molar-refractivity contribution in [2.45, 2.75) is 58.7 Å². The minimum absolute atomic E-state index is 0.227. The normalized spacial score (nSPS) is 26.1. The van der Waals surface area contributed by atoms with Crippen molar-refractivity contribution in [2.24, 2.45) is 11.8 Å². The van der Waals surface area contributed by atoms with E-state index in [4.69, 9.17) is 10.6 Å². The first-order valence-corrected chi connectivity index (χ1v) is 6.90. The number of ether oxygens (including phenoxy) is 1. The first kappa shape index (κ1) is 14.9. The molecule has 0 aromatic heterocycles. The van der Waals surface area contributed by atoms with Gasteiger partial charge in [0.25, 0.3) is 0 Å². The second-order valence-electron chi connectivity index (χ2n) is 5.52. The van der Waals surface area contributed by atoms with E-state index in [1.165, 1.54) is 6.42 Å². The summed E-state index contributed by atoms with van der Waals surface area (Å²) in [4.78, 5) is 2.47. The topological polar surface area (TPSA) is 50.5 Å². The van der Waals surface area contributed by atoms with E-state index < -0.39 is 0 Å². The molecule has 0 aliphatic carbocycles. The lowest BCUT2D eigenvalue weighted by atomic mass is 9.95. The molecule has 3 unspecified atom stereocenters. The van der Waals surface area contributed by atoms with Crippen LogP contribution in [0, 0.1) is 5.92 Å². The van der Waals surface area contributed by atoms with Crippen LogP contribution in [-0.4, -0.2) is 42.8 Å². The van der Waals surface area contributed by atoms with Gasteiger partial charge in [0.15, 0.2) is 0 Å². The molecule has 1 saturated heterocycles. The third-order valence-corrected chi connectivity index (χ3v) is 3.87. The molecule has 1 aliphatic heterocycles. The highest BCUT2D eigenvalue weighted by atomic mass is 16.5. The van der Waals surface area contributed by atoms with Crippen LogP contribution in [0.25, 0.3) is 0 Å². The Bertz CT molecular complexity index is 211.